The van der Waals surface area contributed by atoms with E-state index >= 15 is 0 Å². The zero-order valence-corrected chi connectivity index (χ0v) is 12.4. The largest absolute Gasteiger partial charge is 0.481 e. The van der Waals surface area contributed by atoms with E-state index < -0.39 is 12.1 Å². The summed E-state index contributed by atoms with van der Waals surface area (Å²) >= 11 is 1.10. The molecule has 21 heavy (non-hydrogen) atoms. The molecule has 9 nitrogen and oxygen atoms in total. The van der Waals surface area contributed by atoms with Gasteiger partial charge in [0.15, 0.2) is 10.8 Å². The standard InChI is InChI=1S/C11H15N5O4S/c1-6-8-9(15(2)14-6)16(3-4-20-10(12)19)11(13-8)21-5-7(17)18/h3-5H2,1-2H3,(H2,12,19)(H,17,18). The van der Waals surface area contributed by atoms with Gasteiger partial charge in [-0.1, -0.05) is 11.8 Å². The van der Waals surface area contributed by atoms with Gasteiger partial charge >= 0.3 is 12.1 Å². The Bertz CT molecular complexity index is 692. The molecule has 0 aliphatic carbocycles. The second-order valence-corrected chi connectivity index (χ2v) is 5.22. The number of imidazole rings is 1. The molecule has 0 fully saturated rings. The van der Waals surface area contributed by atoms with E-state index in [4.69, 9.17) is 15.6 Å². The average molecular weight is 313 g/mol. The number of hydrogen-bond acceptors (Lipinski definition) is 6. The fraction of sp³-hybridized carbons (Fsp3) is 0.455. The molecule has 1 amide bonds. The van der Waals surface area contributed by atoms with Crippen molar-refractivity contribution in [2.24, 2.45) is 12.8 Å². The Morgan fingerprint density at radius 2 is 2.19 bits per heavy atom. The van der Waals surface area contributed by atoms with Crippen molar-refractivity contribution in [3.63, 3.8) is 0 Å². The number of primary amides is 1. The third-order valence-corrected chi connectivity index (χ3v) is 3.70. The predicted octanol–water partition coefficient (Wildman–Crippen LogP) is 0.350. The van der Waals surface area contributed by atoms with Crippen LogP contribution in [0.2, 0.25) is 0 Å². The molecular weight excluding hydrogens is 298 g/mol. The Hall–Kier alpha value is -2.23. The molecule has 2 heterocycles. The van der Waals surface area contributed by atoms with Crippen LogP contribution in [-0.2, 0) is 23.1 Å². The van der Waals surface area contributed by atoms with Gasteiger partial charge in [-0.2, -0.15) is 5.10 Å². The fourth-order valence-electron chi connectivity index (χ4n) is 1.99. The normalized spacial score (nSPS) is 11.0. The van der Waals surface area contributed by atoms with Crippen LogP contribution >= 0.6 is 11.8 Å². The van der Waals surface area contributed by atoms with Crippen LogP contribution in [0.25, 0.3) is 11.2 Å². The number of thioether (sulfide) groups is 1. The zero-order valence-electron chi connectivity index (χ0n) is 11.6. The highest BCUT2D eigenvalue weighted by Crippen LogP contribution is 2.25. The quantitative estimate of drug-likeness (QED) is 0.737. The molecule has 0 bridgehead atoms. The summed E-state index contributed by atoms with van der Waals surface area (Å²) in [5, 5.41) is 13.6. The molecule has 0 atom stereocenters. The van der Waals surface area contributed by atoms with Gasteiger partial charge in [-0.15, -0.1) is 0 Å². The van der Waals surface area contributed by atoms with Gasteiger partial charge in [0, 0.05) is 7.05 Å². The topological polar surface area (TPSA) is 125 Å². The van der Waals surface area contributed by atoms with Gasteiger partial charge in [0.2, 0.25) is 0 Å². The van der Waals surface area contributed by atoms with Gasteiger partial charge in [0.25, 0.3) is 0 Å². The maximum absolute atomic E-state index is 10.7. The molecular formula is C11H15N5O4S. The van der Waals surface area contributed by atoms with Crippen LogP contribution in [0.4, 0.5) is 4.79 Å². The smallest absolute Gasteiger partial charge is 0.404 e. The van der Waals surface area contributed by atoms with Crippen molar-refractivity contribution in [3.8, 4) is 0 Å². The summed E-state index contributed by atoms with van der Waals surface area (Å²) in [6.45, 7) is 2.22. The van der Waals surface area contributed by atoms with Crippen LogP contribution < -0.4 is 5.73 Å². The van der Waals surface area contributed by atoms with Crippen LogP contribution in [0.3, 0.4) is 0 Å². The summed E-state index contributed by atoms with van der Waals surface area (Å²) in [6, 6.07) is 0. The number of nitrogens with zero attached hydrogens (tertiary/aromatic N) is 4. The molecule has 3 N–H and O–H groups in total. The van der Waals surface area contributed by atoms with Crippen molar-refractivity contribution in [1.29, 1.82) is 0 Å². The Kier molecular flexibility index (Phi) is 4.36. The number of carboxylic acids is 1. The molecule has 0 unspecified atom stereocenters. The highest BCUT2D eigenvalue weighted by molar-refractivity contribution is 7.99. The van der Waals surface area contributed by atoms with Crippen molar-refractivity contribution >= 4 is 35.0 Å². The Morgan fingerprint density at radius 1 is 1.48 bits per heavy atom. The van der Waals surface area contributed by atoms with Crippen LogP contribution in [0.1, 0.15) is 5.69 Å². The van der Waals surface area contributed by atoms with Crippen LogP contribution in [0.5, 0.6) is 0 Å². The Balaban J connectivity index is 2.33. The van der Waals surface area contributed by atoms with Crippen molar-refractivity contribution in [1.82, 2.24) is 19.3 Å². The summed E-state index contributed by atoms with van der Waals surface area (Å²) < 4.78 is 8.16. The summed E-state index contributed by atoms with van der Waals surface area (Å²) in [5.41, 5.74) is 7.12. The van der Waals surface area contributed by atoms with E-state index in [1.165, 1.54) is 0 Å². The van der Waals surface area contributed by atoms with Crippen molar-refractivity contribution in [2.75, 3.05) is 12.4 Å². The van der Waals surface area contributed by atoms with E-state index in [0.717, 1.165) is 23.1 Å². The second-order valence-electron chi connectivity index (χ2n) is 4.28. The van der Waals surface area contributed by atoms with E-state index in [0.29, 0.717) is 17.2 Å². The van der Waals surface area contributed by atoms with E-state index in [-0.39, 0.29) is 12.4 Å². The van der Waals surface area contributed by atoms with Crippen molar-refractivity contribution < 1.29 is 19.4 Å². The molecule has 0 radical (unpaired) electrons. The Labute approximate surface area is 124 Å². The lowest BCUT2D eigenvalue weighted by Gasteiger charge is -2.08. The first-order valence-corrected chi connectivity index (χ1v) is 7.05. The molecule has 2 rings (SSSR count). The fourth-order valence-corrected chi connectivity index (χ4v) is 2.73. The predicted molar refractivity (Wildman–Crippen MR) is 75.1 cm³/mol. The number of ether oxygens (including phenoxy) is 1. The van der Waals surface area contributed by atoms with Gasteiger partial charge in [-0.3, -0.25) is 9.48 Å². The van der Waals surface area contributed by atoms with Crippen molar-refractivity contribution in [2.45, 2.75) is 18.6 Å². The number of fused-ring (bicyclic) bond motifs is 1. The summed E-state index contributed by atoms with van der Waals surface area (Å²) in [6.07, 6.45) is -0.854. The monoisotopic (exact) mass is 313 g/mol. The lowest BCUT2D eigenvalue weighted by Crippen LogP contribution is -2.17. The van der Waals surface area contributed by atoms with Crippen LogP contribution in [-0.4, -0.2) is 48.9 Å². The minimum absolute atomic E-state index is 0.0751. The van der Waals surface area contributed by atoms with Crippen LogP contribution in [0.15, 0.2) is 5.16 Å². The SMILES string of the molecule is Cc1nn(C)c2c1nc(SCC(=O)O)n2CCOC(N)=O. The first-order valence-electron chi connectivity index (χ1n) is 6.06. The summed E-state index contributed by atoms with van der Waals surface area (Å²) in [7, 11) is 1.77. The lowest BCUT2D eigenvalue weighted by molar-refractivity contribution is -0.133. The van der Waals surface area contributed by atoms with Gasteiger partial charge in [-0.25, -0.2) is 9.78 Å². The number of hydrogen-bond donors (Lipinski definition) is 2. The number of rotatable bonds is 6. The summed E-state index contributed by atoms with van der Waals surface area (Å²) in [5.74, 6) is -1.03. The third-order valence-electron chi connectivity index (χ3n) is 2.74. The van der Waals surface area contributed by atoms with E-state index in [1.807, 2.05) is 6.92 Å². The molecule has 114 valence electrons. The number of aliphatic carboxylic acids is 1. The molecule has 2 aromatic heterocycles. The number of carbonyl (C=O) groups excluding carboxylic acids is 1. The molecule has 0 aromatic carbocycles. The summed E-state index contributed by atoms with van der Waals surface area (Å²) in [4.78, 5) is 25.8. The second kappa shape index (κ2) is 6.04. The van der Waals surface area contributed by atoms with E-state index in [1.54, 1.807) is 16.3 Å². The number of nitrogens with two attached hydrogens (primary N) is 1. The average Bonchev–Trinajstić information content (AvgIpc) is 2.86. The lowest BCUT2D eigenvalue weighted by atomic mass is 10.4. The molecule has 0 aliphatic heterocycles. The maximum atomic E-state index is 10.7. The molecule has 0 saturated carbocycles. The molecule has 0 aliphatic rings. The first kappa shape index (κ1) is 15.2. The van der Waals surface area contributed by atoms with E-state index in [9.17, 15) is 9.59 Å². The number of carbonyl (C=O) groups is 2. The minimum atomic E-state index is -0.929. The van der Waals surface area contributed by atoms with E-state index in [2.05, 4.69) is 10.1 Å². The highest BCUT2D eigenvalue weighted by atomic mass is 32.2. The highest BCUT2D eigenvalue weighted by Gasteiger charge is 2.18. The molecule has 0 saturated heterocycles. The molecule has 10 heteroatoms. The molecule has 0 spiro atoms. The van der Waals surface area contributed by atoms with Gasteiger partial charge < -0.3 is 20.1 Å². The number of amides is 1. The molecule has 2 aromatic rings. The van der Waals surface area contributed by atoms with Crippen molar-refractivity contribution in [3.05, 3.63) is 5.69 Å². The van der Waals surface area contributed by atoms with Gasteiger partial charge in [-0.05, 0) is 6.92 Å². The van der Waals surface area contributed by atoms with Gasteiger partial charge in [0.1, 0.15) is 12.1 Å². The third kappa shape index (κ3) is 3.27. The van der Waals surface area contributed by atoms with Gasteiger partial charge in [0.05, 0.1) is 18.0 Å². The minimum Gasteiger partial charge on any atom is -0.481 e. The number of aryl methyl sites for hydroxylation is 2. The van der Waals surface area contributed by atoms with Crippen LogP contribution in [0, 0.1) is 6.92 Å². The number of carboxylic acid groups (broad SMARTS) is 1. The first-order chi connectivity index (χ1) is 9.90. The Morgan fingerprint density at radius 3 is 2.81 bits per heavy atom. The zero-order chi connectivity index (χ0) is 15.6. The number of aromatic nitrogens is 4. The maximum Gasteiger partial charge on any atom is 0.404 e.